The molecule has 130 valence electrons. The molecule has 0 fully saturated rings. The number of anilines is 2. The predicted octanol–water partition coefficient (Wildman–Crippen LogP) is 3.16. The van der Waals surface area contributed by atoms with Crippen LogP contribution >= 0.6 is 15.9 Å². The van der Waals surface area contributed by atoms with Gasteiger partial charge in [-0.3, -0.25) is 0 Å². The quantitative estimate of drug-likeness (QED) is 0.657. The average Bonchev–Trinajstić information content (AvgIpc) is 2.89. The first kappa shape index (κ1) is 17.4. The lowest BCUT2D eigenvalue weighted by Crippen LogP contribution is -2.04. The maximum absolute atomic E-state index is 8.77. The van der Waals surface area contributed by atoms with Crippen LogP contribution in [0.5, 0.6) is 5.75 Å². The highest BCUT2D eigenvalue weighted by Gasteiger charge is 2.12. The number of aromatic nitrogens is 4. The molecule has 7 nitrogen and oxygen atoms in total. The largest absolute Gasteiger partial charge is 0.491 e. The Morgan fingerprint density at radius 3 is 2.60 bits per heavy atom. The molecule has 25 heavy (non-hydrogen) atoms. The molecule has 1 aromatic carbocycles. The molecule has 2 aromatic heterocycles. The van der Waals surface area contributed by atoms with Crippen molar-refractivity contribution in [3.8, 4) is 11.6 Å². The molecule has 3 aromatic rings. The number of aliphatic hydroxyl groups excluding tert-OH is 1. The third-order valence-corrected chi connectivity index (χ3v) is 4.71. The van der Waals surface area contributed by atoms with E-state index in [0.717, 1.165) is 21.5 Å². The Hall–Kier alpha value is -2.45. The summed E-state index contributed by atoms with van der Waals surface area (Å²) in [6, 6.07) is 9.27. The van der Waals surface area contributed by atoms with E-state index in [1.807, 2.05) is 44.2 Å². The van der Waals surface area contributed by atoms with E-state index < -0.39 is 0 Å². The van der Waals surface area contributed by atoms with Crippen molar-refractivity contribution in [3.05, 3.63) is 52.5 Å². The summed E-state index contributed by atoms with van der Waals surface area (Å²) in [4.78, 5) is 8.55. The Bertz CT molecular complexity index is 864. The summed E-state index contributed by atoms with van der Waals surface area (Å²) in [6.07, 6.45) is 1.50. The maximum Gasteiger partial charge on any atom is 0.159 e. The number of rotatable bonds is 6. The normalized spacial score (nSPS) is 10.7. The zero-order chi connectivity index (χ0) is 17.8. The SMILES string of the molecule is Cc1nn(-c2cc(Nc3ccc(OCCO)cc3)ncn2)c(C)c1Br. The minimum Gasteiger partial charge on any atom is -0.491 e. The fraction of sp³-hybridized carbons (Fsp3) is 0.235. The molecule has 0 aliphatic rings. The van der Waals surface area contributed by atoms with Crippen molar-refractivity contribution in [1.82, 2.24) is 19.7 Å². The highest BCUT2D eigenvalue weighted by Crippen LogP contribution is 2.24. The van der Waals surface area contributed by atoms with Crippen molar-refractivity contribution in [3.63, 3.8) is 0 Å². The van der Waals surface area contributed by atoms with E-state index in [2.05, 4.69) is 36.3 Å². The molecular weight excluding hydrogens is 386 g/mol. The standard InChI is InChI=1S/C17H18BrN5O2/c1-11-17(18)12(2)23(22-11)16-9-15(19-10-20-16)21-13-3-5-14(6-4-13)25-8-7-24/h3-6,9-10,24H,7-8H2,1-2H3,(H,19,20,21). The van der Waals surface area contributed by atoms with Crippen LogP contribution in [0.25, 0.3) is 5.82 Å². The third kappa shape index (κ3) is 3.97. The maximum atomic E-state index is 8.77. The number of hydrogen-bond acceptors (Lipinski definition) is 6. The van der Waals surface area contributed by atoms with Gasteiger partial charge in [0, 0.05) is 11.8 Å². The number of nitrogens with zero attached hydrogens (tertiary/aromatic N) is 4. The second-order valence-electron chi connectivity index (χ2n) is 5.38. The molecular formula is C17H18BrN5O2. The second-order valence-corrected chi connectivity index (χ2v) is 6.17. The lowest BCUT2D eigenvalue weighted by Gasteiger charge is -2.09. The molecule has 0 saturated heterocycles. The summed E-state index contributed by atoms with van der Waals surface area (Å²) in [6.45, 7) is 4.19. The lowest BCUT2D eigenvalue weighted by atomic mass is 10.3. The van der Waals surface area contributed by atoms with E-state index in [1.165, 1.54) is 6.33 Å². The molecule has 0 aliphatic heterocycles. The predicted molar refractivity (Wildman–Crippen MR) is 98.6 cm³/mol. The molecule has 0 bridgehead atoms. The van der Waals surface area contributed by atoms with Crippen LogP contribution in [-0.4, -0.2) is 38.1 Å². The summed E-state index contributed by atoms with van der Waals surface area (Å²) < 4.78 is 8.09. The zero-order valence-electron chi connectivity index (χ0n) is 13.9. The molecule has 0 aliphatic carbocycles. The van der Waals surface area contributed by atoms with Crippen molar-refractivity contribution in [2.45, 2.75) is 13.8 Å². The van der Waals surface area contributed by atoms with Crippen molar-refractivity contribution in [1.29, 1.82) is 0 Å². The fourth-order valence-corrected chi connectivity index (χ4v) is 2.57. The second kappa shape index (κ2) is 7.62. The molecule has 2 N–H and O–H groups in total. The smallest absolute Gasteiger partial charge is 0.159 e. The van der Waals surface area contributed by atoms with E-state index in [1.54, 1.807) is 4.68 Å². The lowest BCUT2D eigenvalue weighted by molar-refractivity contribution is 0.201. The first-order valence-corrected chi connectivity index (χ1v) is 8.52. The van der Waals surface area contributed by atoms with Crippen LogP contribution in [0.1, 0.15) is 11.4 Å². The number of hydrogen-bond donors (Lipinski definition) is 2. The van der Waals surface area contributed by atoms with Crippen molar-refractivity contribution < 1.29 is 9.84 Å². The monoisotopic (exact) mass is 403 g/mol. The van der Waals surface area contributed by atoms with E-state index >= 15 is 0 Å². The van der Waals surface area contributed by atoms with Crippen molar-refractivity contribution >= 4 is 27.4 Å². The minimum atomic E-state index is -0.00779. The number of ether oxygens (including phenoxy) is 1. The Morgan fingerprint density at radius 1 is 1.20 bits per heavy atom. The van der Waals surface area contributed by atoms with Gasteiger partial charge in [-0.15, -0.1) is 0 Å². The van der Waals surface area contributed by atoms with Gasteiger partial charge < -0.3 is 15.2 Å². The Labute approximate surface area is 153 Å². The number of aryl methyl sites for hydroxylation is 1. The van der Waals surface area contributed by atoms with Gasteiger partial charge in [-0.05, 0) is 54.0 Å². The zero-order valence-corrected chi connectivity index (χ0v) is 15.5. The molecule has 8 heteroatoms. The van der Waals surface area contributed by atoms with Gasteiger partial charge >= 0.3 is 0 Å². The third-order valence-electron chi connectivity index (χ3n) is 3.56. The van der Waals surface area contributed by atoms with E-state index in [4.69, 9.17) is 9.84 Å². The molecule has 0 radical (unpaired) electrons. The van der Waals surface area contributed by atoms with E-state index in [-0.39, 0.29) is 13.2 Å². The van der Waals surface area contributed by atoms with Gasteiger partial charge in [0.25, 0.3) is 0 Å². The van der Waals surface area contributed by atoms with Crippen LogP contribution in [0.3, 0.4) is 0 Å². The van der Waals surface area contributed by atoms with Gasteiger partial charge in [0.1, 0.15) is 24.5 Å². The van der Waals surface area contributed by atoms with Crippen molar-refractivity contribution in [2.24, 2.45) is 0 Å². The summed E-state index contributed by atoms with van der Waals surface area (Å²) in [5.74, 6) is 2.06. The molecule has 2 heterocycles. The Kier molecular flexibility index (Phi) is 5.30. The highest BCUT2D eigenvalue weighted by molar-refractivity contribution is 9.10. The van der Waals surface area contributed by atoms with Crippen molar-refractivity contribution in [2.75, 3.05) is 18.5 Å². The van der Waals surface area contributed by atoms with Gasteiger partial charge in [0.15, 0.2) is 5.82 Å². The number of nitrogens with one attached hydrogen (secondary N) is 1. The number of halogens is 1. The summed E-state index contributed by atoms with van der Waals surface area (Å²) in [5, 5.41) is 16.5. The van der Waals surface area contributed by atoms with Gasteiger partial charge in [0.2, 0.25) is 0 Å². The molecule has 0 spiro atoms. The van der Waals surface area contributed by atoms with Crippen LogP contribution in [0.15, 0.2) is 41.1 Å². The Morgan fingerprint density at radius 2 is 1.96 bits per heavy atom. The minimum absolute atomic E-state index is 0.00779. The summed E-state index contributed by atoms with van der Waals surface area (Å²) in [7, 11) is 0. The van der Waals surface area contributed by atoms with Crippen LogP contribution in [0.4, 0.5) is 11.5 Å². The summed E-state index contributed by atoms with van der Waals surface area (Å²) >= 11 is 3.52. The topological polar surface area (TPSA) is 85.1 Å². The van der Waals surface area contributed by atoms with Crippen LogP contribution < -0.4 is 10.1 Å². The van der Waals surface area contributed by atoms with Gasteiger partial charge in [-0.25, -0.2) is 14.6 Å². The van der Waals surface area contributed by atoms with Crippen LogP contribution in [0.2, 0.25) is 0 Å². The van der Waals surface area contributed by atoms with E-state index in [9.17, 15) is 0 Å². The highest BCUT2D eigenvalue weighted by atomic mass is 79.9. The average molecular weight is 404 g/mol. The molecule has 0 amide bonds. The van der Waals surface area contributed by atoms with Gasteiger partial charge in [0.05, 0.1) is 22.5 Å². The molecule has 0 atom stereocenters. The van der Waals surface area contributed by atoms with Crippen LogP contribution in [-0.2, 0) is 0 Å². The summed E-state index contributed by atoms with van der Waals surface area (Å²) in [5.41, 5.74) is 2.76. The van der Waals surface area contributed by atoms with Gasteiger partial charge in [-0.1, -0.05) is 0 Å². The molecule has 0 saturated carbocycles. The fourth-order valence-electron chi connectivity index (χ4n) is 2.32. The first-order chi connectivity index (χ1) is 12.1. The van der Waals surface area contributed by atoms with E-state index in [0.29, 0.717) is 17.4 Å². The number of aliphatic hydroxyl groups is 1. The Balaban J connectivity index is 1.79. The molecule has 3 rings (SSSR count). The van der Waals surface area contributed by atoms with Gasteiger partial charge in [-0.2, -0.15) is 5.10 Å². The molecule has 0 unspecified atom stereocenters. The van der Waals surface area contributed by atoms with Crippen LogP contribution in [0, 0.1) is 13.8 Å². The number of benzene rings is 1. The first-order valence-electron chi connectivity index (χ1n) is 7.73.